The van der Waals surface area contributed by atoms with Crippen LogP contribution in [0.4, 0.5) is 0 Å². The molecule has 0 saturated heterocycles. The maximum Gasteiger partial charge on any atom is 0.272 e. The second kappa shape index (κ2) is 6.70. The first-order chi connectivity index (χ1) is 9.27. The molecule has 0 fully saturated rings. The number of carbonyl (C=O) groups is 1. The highest BCUT2D eigenvalue weighted by Crippen LogP contribution is 2.15. The van der Waals surface area contributed by atoms with Gasteiger partial charge in [0.2, 0.25) is 0 Å². The standard InChI is InChI=1S/C14H11BrN2O2/c15-13-8-2-1-7-12(13)14(18)17-16-9-3-5-11-6-4-10-19-11/h1-10H,(H,17,18)/b5-3+,16-9-. The van der Waals surface area contributed by atoms with Crippen molar-refractivity contribution >= 4 is 34.1 Å². The van der Waals surface area contributed by atoms with Crippen molar-refractivity contribution in [2.24, 2.45) is 5.10 Å². The summed E-state index contributed by atoms with van der Waals surface area (Å²) in [7, 11) is 0. The molecule has 1 N–H and O–H groups in total. The number of hydrogen-bond acceptors (Lipinski definition) is 3. The normalized spacial score (nSPS) is 11.2. The van der Waals surface area contributed by atoms with Crippen LogP contribution >= 0.6 is 15.9 Å². The molecule has 1 aromatic heterocycles. The first-order valence-electron chi connectivity index (χ1n) is 5.55. The van der Waals surface area contributed by atoms with Crippen molar-refractivity contribution in [3.05, 3.63) is 64.5 Å². The highest BCUT2D eigenvalue weighted by Gasteiger charge is 2.06. The lowest BCUT2D eigenvalue weighted by Gasteiger charge is -2.01. The summed E-state index contributed by atoms with van der Waals surface area (Å²) in [6.07, 6.45) is 6.50. The number of halogens is 1. The summed E-state index contributed by atoms with van der Waals surface area (Å²) in [5.41, 5.74) is 2.98. The van der Waals surface area contributed by atoms with Crippen LogP contribution < -0.4 is 5.43 Å². The zero-order chi connectivity index (χ0) is 13.5. The van der Waals surface area contributed by atoms with Crippen LogP contribution in [0.25, 0.3) is 6.08 Å². The number of furan rings is 1. The van der Waals surface area contributed by atoms with E-state index in [4.69, 9.17) is 4.42 Å². The van der Waals surface area contributed by atoms with Gasteiger partial charge < -0.3 is 4.42 Å². The van der Waals surface area contributed by atoms with Gasteiger partial charge in [-0.15, -0.1) is 0 Å². The van der Waals surface area contributed by atoms with Gasteiger partial charge in [0.25, 0.3) is 5.91 Å². The zero-order valence-corrected chi connectivity index (χ0v) is 11.5. The predicted molar refractivity (Wildman–Crippen MR) is 77.8 cm³/mol. The summed E-state index contributed by atoms with van der Waals surface area (Å²) in [5.74, 6) is 0.457. The number of rotatable bonds is 4. The van der Waals surface area contributed by atoms with E-state index < -0.39 is 0 Å². The molecule has 2 rings (SSSR count). The lowest BCUT2D eigenvalue weighted by atomic mass is 10.2. The fourth-order valence-corrected chi connectivity index (χ4v) is 1.83. The van der Waals surface area contributed by atoms with Gasteiger partial charge >= 0.3 is 0 Å². The number of carbonyl (C=O) groups excluding carboxylic acids is 1. The Hall–Kier alpha value is -2.14. The Kier molecular flexibility index (Phi) is 4.69. The molecule has 1 aromatic carbocycles. The van der Waals surface area contributed by atoms with E-state index in [1.165, 1.54) is 6.21 Å². The number of hydrazone groups is 1. The first-order valence-corrected chi connectivity index (χ1v) is 6.35. The highest BCUT2D eigenvalue weighted by molar-refractivity contribution is 9.10. The molecule has 1 heterocycles. The van der Waals surface area contributed by atoms with Crippen molar-refractivity contribution < 1.29 is 9.21 Å². The van der Waals surface area contributed by atoms with Crippen LogP contribution in [0.15, 0.2) is 62.7 Å². The zero-order valence-electron chi connectivity index (χ0n) is 9.92. The molecule has 5 heteroatoms. The van der Waals surface area contributed by atoms with Crippen LogP contribution in [0, 0.1) is 0 Å². The minimum atomic E-state index is -0.268. The van der Waals surface area contributed by atoms with Crippen LogP contribution in [0.1, 0.15) is 16.1 Å². The van der Waals surface area contributed by atoms with Gasteiger partial charge in [0.1, 0.15) is 5.76 Å². The van der Waals surface area contributed by atoms with Gasteiger partial charge in [0, 0.05) is 10.7 Å². The highest BCUT2D eigenvalue weighted by atomic mass is 79.9. The molecule has 0 atom stereocenters. The second-order valence-electron chi connectivity index (χ2n) is 3.57. The smallest absolute Gasteiger partial charge is 0.272 e. The molecule has 96 valence electrons. The van der Waals surface area contributed by atoms with Crippen LogP contribution in [0.2, 0.25) is 0 Å². The molecule has 0 aliphatic rings. The second-order valence-corrected chi connectivity index (χ2v) is 4.43. The van der Waals surface area contributed by atoms with Gasteiger partial charge in [-0.25, -0.2) is 5.43 Å². The van der Waals surface area contributed by atoms with E-state index in [2.05, 4.69) is 26.5 Å². The fourth-order valence-electron chi connectivity index (χ4n) is 1.37. The van der Waals surface area contributed by atoms with Crippen LogP contribution in [-0.4, -0.2) is 12.1 Å². The molecule has 4 nitrogen and oxygen atoms in total. The van der Waals surface area contributed by atoms with Gasteiger partial charge in [-0.05, 0) is 52.3 Å². The number of nitrogens with one attached hydrogen (secondary N) is 1. The lowest BCUT2D eigenvalue weighted by molar-refractivity contribution is 0.0954. The van der Waals surface area contributed by atoms with Crippen molar-refractivity contribution in [3.63, 3.8) is 0 Å². The van der Waals surface area contributed by atoms with E-state index in [-0.39, 0.29) is 5.91 Å². The topological polar surface area (TPSA) is 54.6 Å². The summed E-state index contributed by atoms with van der Waals surface area (Å²) < 4.78 is 5.83. The molecule has 0 aliphatic carbocycles. The average Bonchev–Trinajstić information content (AvgIpc) is 2.92. The van der Waals surface area contributed by atoms with E-state index in [9.17, 15) is 4.79 Å². The first kappa shape index (κ1) is 13.3. The summed E-state index contributed by atoms with van der Waals surface area (Å²) in [6.45, 7) is 0. The minimum Gasteiger partial charge on any atom is -0.465 e. The fraction of sp³-hybridized carbons (Fsp3) is 0. The third-order valence-electron chi connectivity index (χ3n) is 2.25. The van der Waals surface area contributed by atoms with Gasteiger partial charge in [-0.1, -0.05) is 12.1 Å². The van der Waals surface area contributed by atoms with Gasteiger partial charge in [-0.3, -0.25) is 4.79 Å². The predicted octanol–water partition coefficient (Wildman–Crippen LogP) is 3.47. The van der Waals surface area contributed by atoms with Crippen molar-refractivity contribution in [2.75, 3.05) is 0 Å². The Labute approximate surface area is 118 Å². The Bertz CT molecular complexity index is 604. The van der Waals surface area contributed by atoms with Crippen molar-refractivity contribution in [1.82, 2.24) is 5.43 Å². The summed E-state index contributed by atoms with van der Waals surface area (Å²) in [4.78, 5) is 11.8. The molecular weight excluding hydrogens is 308 g/mol. The quantitative estimate of drug-likeness (QED) is 0.693. The maximum atomic E-state index is 11.8. The number of hydrogen-bond donors (Lipinski definition) is 1. The van der Waals surface area contributed by atoms with E-state index >= 15 is 0 Å². The average molecular weight is 319 g/mol. The van der Waals surface area contributed by atoms with Crippen molar-refractivity contribution in [2.45, 2.75) is 0 Å². The molecule has 0 radical (unpaired) electrons. The third-order valence-corrected chi connectivity index (χ3v) is 2.94. The molecule has 0 bridgehead atoms. The maximum absolute atomic E-state index is 11.8. The van der Waals surface area contributed by atoms with E-state index in [0.29, 0.717) is 5.56 Å². The lowest BCUT2D eigenvalue weighted by Crippen LogP contribution is -2.17. The van der Waals surface area contributed by atoms with E-state index in [1.807, 2.05) is 12.1 Å². The Morgan fingerprint density at radius 3 is 2.84 bits per heavy atom. The summed E-state index contributed by atoms with van der Waals surface area (Å²) in [6, 6.07) is 10.8. The molecule has 0 unspecified atom stereocenters. The van der Waals surface area contributed by atoms with Crippen LogP contribution in [0.5, 0.6) is 0 Å². The van der Waals surface area contributed by atoms with Crippen molar-refractivity contribution in [1.29, 1.82) is 0 Å². The Morgan fingerprint density at radius 1 is 1.26 bits per heavy atom. The van der Waals surface area contributed by atoms with E-state index in [1.54, 1.807) is 42.7 Å². The van der Waals surface area contributed by atoms with Gasteiger partial charge in [-0.2, -0.15) is 5.10 Å². The molecule has 0 aliphatic heterocycles. The molecule has 19 heavy (non-hydrogen) atoms. The number of allylic oxidation sites excluding steroid dienone is 1. The molecular formula is C14H11BrN2O2. The van der Waals surface area contributed by atoms with Crippen LogP contribution in [0.3, 0.4) is 0 Å². The SMILES string of the molecule is O=C(N/N=C\C=C\c1ccco1)c1ccccc1Br. The number of amides is 1. The third kappa shape index (κ3) is 3.93. The number of nitrogens with zero attached hydrogens (tertiary/aromatic N) is 1. The molecule has 2 aromatic rings. The van der Waals surface area contributed by atoms with E-state index in [0.717, 1.165) is 10.2 Å². The molecule has 0 spiro atoms. The molecule has 0 saturated carbocycles. The van der Waals surface area contributed by atoms with Crippen LogP contribution in [-0.2, 0) is 0 Å². The molecule has 1 amide bonds. The number of benzene rings is 1. The largest absolute Gasteiger partial charge is 0.465 e. The Balaban J connectivity index is 1.89. The Morgan fingerprint density at radius 2 is 2.11 bits per heavy atom. The van der Waals surface area contributed by atoms with Crippen molar-refractivity contribution in [3.8, 4) is 0 Å². The summed E-state index contributed by atoms with van der Waals surface area (Å²) >= 11 is 3.31. The summed E-state index contributed by atoms with van der Waals surface area (Å²) in [5, 5.41) is 3.81. The van der Waals surface area contributed by atoms with Gasteiger partial charge in [0.15, 0.2) is 0 Å². The van der Waals surface area contributed by atoms with Gasteiger partial charge in [0.05, 0.1) is 11.8 Å². The monoisotopic (exact) mass is 318 g/mol. The minimum absolute atomic E-state index is 0.268.